The Labute approximate surface area is 104 Å². The van der Waals surface area contributed by atoms with E-state index in [0.717, 1.165) is 5.22 Å². The number of alkyl halides is 1. The fraction of sp³-hybridized carbons (Fsp3) is 0.0714. The van der Waals surface area contributed by atoms with Crippen LogP contribution in [0.5, 0.6) is 5.75 Å². The second-order valence-electron chi connectivity index (χ2n) is 3.65. The maximum absolute atomic E-state index is 10.9. The third-order valence-corrected chi connectivity index (χ3v) is 2.77. The van der Waals surface area contributed by atoms with Gasteiger partial charge in [0.2, 0.25) is 0 Å². The molecule has 86 valence electrons. The Morgan fingerprint density at radius 3 is 2.12 bits per heavy atom. The summed E-state index contributed by atoms with van der Waals surface area (Å²) in [7, 11) is 0. The fourth-order valence-electron chi connectivity index (χ4n) is 1.47. The highest BCUT2D eigenvalue weighted by atomic mass is 35.5. The van der Waals surface area contributed by atoms with Crippen molar-refractivity contribution in [2.24, 2.45) is 0 Å². The van der Waals surface area contributed by atoms with Crippen LogP contribution in [0.2, 0.25) is 0 Å². The van der Waals surface area contributed by atoms with Gasteiger partial charge in [-0.15, -0.1) is 11.6 Å². The summed E-state index contributed by atoms with van der Waals surface area (Å²) < 4.78 is 0. The first-order valence-corrected chi connectivity index (χ1v) is 5.73. The molecular formula is C14H11ClO2. The van der Waals surface area contributed by atoms with E-state index in [9.17, 15) is 4.79 Å². The van der Waals surface area contributed by atoms with E-state index in [-0.39, 0.29) is 11.7 Å². The van der Waals surface area contributed by atoms with Gasteiger partial charge in [-0.3, -0.25) is 4.79 Å². The van der Waals surface area contributed by atoms with E-state index in [4.69, 9.17) is 16.7 Å². The molecule has 3 heteroatoms. The van der Waals surface area contributed by atoms with E-state index in [1.54, 1.807) is 18.2 Å². The summed E-state index contributed by atoms with van der Waals surface area (Å²) in [5.74, 6) is 0.476. The molecule has 0 saturated heterocycles. The summed E-state index contributed by atoms with van der Waals surface area (Å²) in [5, 5.41) is 10.9. The lowest BCUT2D eigenvalue weighted by molar-refractivity contribution is 0.102. The Balaban J connectivity index is 0.000000134. The highest BCUT2D eigenvalue weighted by Crippen LogP contribution is 2.21. The summed E-state index contributed by atoms with van der Waals surface area (Å²) in [5.41, 5.74) is 0.678. The van der Waals surface area contributed by atoms with Crippen LogP contribution in [0.15, 0.2) is 48.5 Å². The predicted molar refractivity (Wildman–Crippen MR) is 67.3 cm³/mol. The van der Waals surface area contributed by atoms with Gasteiger partial charge in [0.25, 0.3) is 0 Å². The van der Waals surface area contributed by atoms with Crippen molar-refractivity contribution in [1.29, 1.82) is 0 Å². The highest BCUT2D eigenvalue weighted by Gasteiger charge is 2.01. The first kappa shape index (κ1) is 11.7. The van der Waals surface area contributed by atoms with E-state index in [2.05, 4.69) is 0 Å². The molecule has 0 amide bonds. The number of phenols is 1. The van der Waals surface area contributed by atoms with Crippen molar-refractivity contribution in [1.82, 2.24) is 0 Å². The van der Waals surface area contributed by atoms with Gasteiger partial charge in [-0.05, 0) is 11.3 Å². The summed E-state index contributed by atoms with van der Waals surface area (Å²) >= 11 is 5.34. The zero-order valence-electron chi connectivity index (χ0n) is 9.06. The maximum atomic E-state index is 10.9. The number of benzene rings is 2. The third-order valence-electron chi connectivity index (χ3n) is 2.53. The topological polar surface area (TPSA) is 37.3 Å². The first-order chi connectivity index (χ1) is 8.22. The Morgan fingerprint density at radius 2 is 1.82 bits per heavy atom. The number of Topliss-reactive ketones (excluding diaryl/α,β-unsaturated/α-hetero) is 1. The number of rotatable bonds is 2. The van der Waals surface area contributed by atoms with E-state index in [0.29, 0.717) is 11.3 Å². The molecule has 1 aromatic carbocycles. The molecule has 1 aromatic rings. The molecular weight excluding hydrogens is 236 g/mol. The van der Waals surface area contributed by atoms with Crippen LogP contribution in [-0.4, -0.2) is 16.8 Å². The molecule has 0 unspecified atom stereocenters. The van der Waals surface area contributed by atoms with Crippen molar-refractivity contribution in [3.63, 3.8) is 0 Å². The molecule has 17 heavy (non-hydrogen) atoms. The summed E-state index contributed by atoms with van der Waals surface area (Å²) in [4.78, 5) is 10.9. The van der Waals surface area contributed by atoms with E-state index < -0.39 is 0 Å². The van der Waals surface area contributed by atoms with Crippen LogP contribution in [0.25, 0.3) is 0 Å². The molecule has 0 heterocycles. The normalized spacial score (nSPS) is 10.2. The van der Waals surface area contributed by atoms with Gasteiger partial charge in [-0.25, -0.2) is 0 Å². The van der Waals surface area contributed by atoms with Gasteiger partial charge in [0.15, 0.2) is 5.78 Å². The molecule has 0 aromatic heterocycles. The second-order valence-corrected chi connectivity index (χ2v) is 3.92. The van der Waals surface area contributed by atoms with Crippen molar-refractivity contribution in [3.05, 3.63) is 64.5 Å². The average Bonchev–Trinajstić information content (AvgIpc) is 2.36. The van der Waals surface area contributed by atoms with E-state index >= 15 is 0 Å². The second kappa shape index (κ2) is 5.02. The van der Waals surface area contributed by atoms with E-state index in [1.165, 1.54) is 5.22 Å². The van der Waals surface area contributed by atoms with Crippen molar-refractivity contribution < 1.29 is 9.90 Å². The molecule has 0 fully saturated rings. The molecule has 0 radical (unpaired) electrons. The number of hydrogen-bond donors (Lipinski definition) is 1. The van der Waals surface area contributed by atoms with Crippen LogP contribution in [0, 0.1) is 10.4 Å². The minimum absolute atomic E-state index is 0.0257. The first-order valence-electron chi connectivity index (χ1n) is 5.20. The van der Waals surface area contributed by atoms with Crippen molar-refractivity contribution in [2.45, 2.75) is 0 Å². The van der Waals surface area contributed by atoms with Crippen LogP contribution in [-0.2, 0) is 0 Å². The SMILES string of the molecule is O=C(CCl)c1ccccc1.Oc1cc2ccc1=2. The van der Waals surface area contributed by atoms with Crippen LogP contribution in [0.1, 0.15) is 10.4 Å². The average molecular weight is 247 g/mol. The number of carbonyl (C=O) groups excluding carboxylic acids is 1. The molecule has 3 rings (SSSR count). The standard InChI is InChI=1S/C8H7ClO.C6H4O/c9-6-8(10)7-4-2-1-3-5-7;7-6-3-4-1-2-5(4)6/h1-5H,6H2;1-3,7H. The molecule has 0 saturated carbocycles. The van der Waals surface area contributed by atoms with Crippen LogP contribution >= 0.6 is 11.6 Å². The number of aromatic hydroxyl groups is 1. The van der Waals surface area contributed by atoms with Gasteiger partial charge in [-0.2, -0.15) is 0 Å². The van der Waals surface area contributed by atoms with Crippen LogP contribution in [0.3, 0.4) is 0 Å². The van der Waals surface area contributed by atoms with Gasteiger partial charge < -0.3 is 5.11 Å². The van der Waals surface area contributed by atoms with Crippen molar-refractivity contribution in [2.75, 3.05) is 5.88 Å². The largest absolute Gasteiger partial charge is 0.507 e. The highest BCUT2D eigenvalue weighted by molar-refractivity contribution is 6.30. The van der Waals surface area contributed by atoms with Gasteiger partial charge in [0.05, 0.1) is 5.88 Å². The molecule has 1 N–H and O–H groups in total. The maximum Gasteiger partial charge on any atom is 0.177 e. The van der Waals surface area contributed by atoms with Crippen molar-refractivity contribution in [3.8, 4) is 5.75 Å². The zero-order valence-corrected chi connectivity index (χ0v) is 9.82. The summed E-state index contributed by atoms with van der Waals surface area (Å²) in [6.07, 6.45) is 0. The number of halogens is 1. The van der Waals surface area contributed by atoms with Gasteiger partial charge in [0, 0.05) is 10.8 Å². The molecule has 0 atom stereocenters. The third kappa shape index (κ3) is 2.48. The lowest BCUT2D eigenvalue weighted by atomic mass is 10.1. The molecule has 2 aliphatic rings. The Kier molecular flexibility index (Phi) is 3.45. The van der Waals surface area contributed by atoms with Gasteiger partial charge in [0.1, 0.15) is 5.75 Å². The lowest BCUT2D eigenvalue weighted by Gasteiger charge is -2.02. The van der Waals surface area contributed by atoms with Gasteiger partial charge in [-0.1, -0.05) is 42.5 Å². The zero-order chi connectivity index (χ0) is 12.3. The monoisotopic (exact) mass is 246 g/mol. The van der Waals surface area contributed by atoms with E-state index in [1.807, 2.05) is 30.3 Å². The summed E-state index contributed by atoms with van der Waals surface area (Å²) in [6.45, 7) is 0. The number of hydrogen-bond acceptors (Lipinski definition) is 2. The molecule has 0 spiro atoms. The number of ketones is 1. The Bertz CT molecular complexity index is 620. The molecule has 2 aliphatic carbocycles. The quantitative estimate of drug-likeness (QED) is 0.557. The fourth-order valence-corrected chi connectivity index (χ4v) is 1.62. The van der Waals surface area contributed by atoms with Crippen LogP contribution < -0.4 is 0 Å². The number of phenolic OH excluding ortho intramolecular Hbond substituents is 1. The lowest BCUT2D eigenvalue weighted by Crippen LogP contribution is -1.98. The van der Waals surface area contributed by atoms with Crippen molar-refractivity contribution >= 4 is 17.4 Å². The summed E-state index contributed by atoms with van der Waals surface area (Å²) in [6, 6.07) is 14.7. The minimum atomic E-state index is -0.0257. The Hall–Kier alpha value is -1.80. The molecule has 0 aliphatic heterocycles. The minimum Gasteiger partial charge on any atom is -0.507 e. The molecule has 2 nitrogen and oxygen atoms in total. The van der Waals surface area contributed by atoms with Crippen LogP contribution in [0.4, 0.5) is 0 Å². The number of carbonyl (C=O) groups is 1. The smallest absolute Gasteiger partial charge is 0.177 e. The molecule has 0 bridgehead atoms. The van der Waals surface area contributed by atoms with Gasteiger partial charge >= 0.3 is 0 Å². The predicted octanol–water partition coefficient (Wildman–Crippen LogP) is 3.10. The Morgan fingerprint density at radius 1 is 1.12 bits per heavy atom.